The summed E-state index contributed by atoms with van der Waals surface area (Å²) in [6, 6.07) is 13.2. The zero-order chi connectivity index (χ0) is 23.2. The highest BCUT2D eigenvalue weighted by Crippen LogP contribution is 2.19. The topological polar surface area (TPSA) is 49.4 Å². The van der Waals surface area contributed by atoms with Crippen molar-refractivity contribution < 1.29 is 9.59 Å². The van der Waals surface area contributed by atoms with Crippen molar-refractivity contribution in [3.8, 4) is 0 Å². The van der Waals surface area contributed by atoms with Crippen molar-refractivity contribution in [2.45, 2.75) is 65.4 Å². The Morgan fingerprint density at radius 1 is 1.03 bits per heavy atom. The van der Waals surface area contributed by atoms with Gasteiger partial charge in [0.25, 0.3) is 0 Å². The predicted octanol–water partition coefficient (Wildman–Crippen LogP) is 5.52. The Morgan fingerprint density at radius 2 is 1.61 bits per heavy atom. The van der Waals surface area contributed by atoms with E-state index in [4.69, 9.17) is 11.6 Å². The third-order valence-corrected chi connectivity index (χ3v) is 5.95. The first-order chi connectivity index (χ1) is 14.4. The number of thioether (sulfide) groups is 1. The van der Waals surface area contributed by atoms with Gasteiger partial charge >= 0.3 is 0 Å². The normalized spacial score (nSPS) is 12.4. The highest BCUT2D eigenvalue weighted by atomic mass is 35.5. The minimum Gasteiger partial charge on any atom is -0.350 e. The molecular formula is C25H33ClN2O2S. The van der Waals surface area contributed by atoms with Crippen LogP contribution < -0.4 is 5.32 Å². The van der Waals surface area contributed by atoms with Crippen LogP contribution >= 0.6 is 23.4 Å². The van der Waals surface area contributed by atoms with E-state index in [1.807, 2.05) is 32.9 Å². The molecule has 0 fully saturated rings. The standard InChI is InChI=1S/C25H33ClN2O2S/c1-17-11-18(2)13-21(12-17)15-31-16-23(29)28(14-20-7-9-22(26)10-8-20)19(3)24(30)27-25(4,5)6/h7-13,19H,14-16H2,1-6H3,(H,27,30)/t19-/m1/s1. The van der Waals surface area contributed by atoms with Crippen molar-refractivity contribution >= 4 is 35.2 Å². The summed E-state index contributed by atoms with van der Waals surface area (Å²) < 4.78 is 0. The lowest BCUT2D eigenvalue weighted by atomic mass is 10.1. The molecule has 0 aliphatic carbocycles. The lowest BCUT2D eigenvalue weighted by Crippen LogP contribution is -2.52. The van der Waals surface area contributed by atoms with E-state index in [0.29, 0.717) is 17.3 Å². The third-order valence-electron chi connectivity index (χ3n) is 4.71. The van der Waals surface area contributed by atoms with Gasteiger partial charge < -0.3 is 10.2 Å². The molecule has 2 amide bonds. The van der Waals surface area contributed by atoms with Gasteiger partial charge in [0.2, 0.25) is 11.8 Å². The molecule has 1 atom stereocenters. The molecule has 2 aromatic rings. The molecule has 0 saturated heterocycles. The van der Waals surface area contributed by atoms with E-state index >= 15 is 0 Å². The summed E-state index contributed by atoms with van der Waals surface area (Å²) in [4.78, 5) is 27.6. The molecule has 2 rings (SSSR count). The van der Waals surface area contributed by atoms with Gasteiger partial charge in [0, 0.05) is 22.9 Å². The fourth-order valence-corrected chi connectivity index (χ4v) is 4.31. The van der Waals surface area contributed by atoms with E-state index in [0.717, 1.165) is 11.3 Å². The van der Waals surface area contributed by atoms with Crippen LogP contribution in [-0.4, -0.2) is 34.0 Å². The zero-order valence-electron chi connectivity index (χ0n) is 19.3. The van der Waals surface area contributed by atoms with Gasteiger partial charge in [0.05, 0.1) is 5.75 Å². The Balaban J connectivity index is 2.10. The van der Waals surface area contributed by atoms with Gasteiger partial charge in [0.1, 0.15) is 6.04 Å². The number of nitrogens with zero attached hydrogens (tertiary/aromatic N) is 1. The van der Waals surface area contributed by atoms with Crippen LogP contribution in [0.2, 0.25) is 5.02 Å². The Labute approximate surface area is 195 Å². The van der Waals surface area contributed by atoms with Crippen LogP contribution in [0.3, 0.4) is 0 Å². The Bertz CT molecular complexity index is 886. The molecule has 31 heavy (non-hydrogen) atoms. The van der Waals surface area contributed by atoms with Gasteiger partial charge in [0.15, 0.2) is 0 Å². The second-order valence-corrected chi connectivity index (χ2v) is 10.5. The highest BCUT2D eigenvalue weighted by molar-refractivity contribution is 7.99. The first kappa shape index (κ1) is 25.3. The molecule has 6 heteroatoms. The summed E-state index contributed by atoms with van der Waals surface area (Å²) in [7, 11) is 0. The number of amides is 2. The number of carbonyl (C=O) groups is 2. The van der Waals surface area contributed by atoms with Crippen LogP contribution in [0, 0.1) is 13.8 Å². The second kappa shape index (κ2) is 11.1. The van der Waals surface area contributed by atoms with Crippen molar-refractivity contribution in [3.63, 3.8) is 0 Å². The number of nitrogens with one attached hydrogen (secondary N) is 1. The average Bonchev–Trinajstić information content (AvgIpc) is 2.64. The van der Waals surface area contributed by atoms with Gasteiger partial charge in [-0.15, -0.1) is 11.8 Å². The quantitative estimate of drug-likeness (QED) is 0.564. The summed E-state index contributed by atoms with van der Waals surface area (Å²) >= 11 is 7.57. The molecule has 168 valence electrons. The molecule has 0 aromatic heterocycles. The summed E-state index contributed by atoms with van der Waals surface area (Å²) in [5, 5.41) is 3.63. The number of hydrogen-bond donors (Lipinski definition) is 1. The van der Waals surface area contributed by atoms with Crippen LogP contribution in [0.25, 0.3) is 0 Å². The SMILES string of the molecule is Cc1cc(C)cc(CSCC(=O)N(Cc2ccc(Cl)cc2)[C@H](C)C(=O)NC(C)(C)C)c1. The maximum absolute atomic E-state index is 13.1. The minimum absolute atomic E-state index is 0.0547. The lowest BCUT2D eigenvalue weighted by Gasteiger charge is -2.31. The number of aryl methyl sites for hydroxylation is 2. The lowest BCUT2D eigenvalue weighted by molar-refractivity contribution is -0.139. The molecule has 2 aromatic carbocycles. The third kappa shape index (κ3) is 8.58. The van der Waals surface area contributed by atoms with Gasteiger partial charge in [-0.25, -0.2) is 0 Å². The molecule has 0 aliphatic heterocycles. The van der Waals surface area contributed by atoms with Crippen LogP contribution in [-0.2, 0) is 21.9 Å². The smallest absolute Gasteiger partial charge is 0.242 e. The van der Waals surface area contributed by atoms with E-state index < -0.39 is 6.04 Å². The van der Waals surface area contributed by atoms with Gasteiger partial charge in [-0.2, -0.15) is 0 Å². The Kier molecular flexibility index (Phi) is 9.01. The summed E-state index contributed by atoms with van der Waals surface area (Å²) in [5.41, 5.74) is 4.22. The minimum atomic E-state index is -0.579. The highest BCUT2D eigenvalue weighted by Gasteiger charge is 2.28. The van der Waals surface area contributed by atoms with Crippen LogP contribution in [0.15, 0.2) is 42.5 Å². The Hall–Kier alpha value is -1.98. The average molecular weight is 461 g/mol. The zero-order valence-corrected chi connectivity index (χ0v) is 20.9. The van der Waals surface area contributed by atoms with E-state index in [1.54, 1.807) is 35.7 Å². The van der Waals surface area contributed by atoms with Crippen LogP contribution in [0.5, 0.6) is 0 Å². The number of hydrogen-bond acceptors (Lipinski definition) is 3. The summed E-state index contributed by atoms with van der Waals surface area (Å²) in [6.07, 6.45) is 0. The number of benzene rings is 2. The van der Waals surface area contributed by atoms with Gasteiger partial charge in [-0.05, 0) is 64.8 Å². The van der Waals surface area contributed by atoms with E-state index in [1.165, 1.54) is 16.7 Å². The molecule has 0 radical (unpaired) electrons. The van der Waals surface area contributed by atoms with Gasteiger partial charge in [-0.1, -0.05) is 53.1 Å². The second-order valence-electron chi connectivity index (χ2n) is 9.05. The van der Waals surface area contributed by atoms with Crippen molar-refractivity contribution in [1.29, 1.82) is 0 Å². The van der Waals surface area contributed by atoms with Crippen molar-refractivity contribution in [3.05, 3.63) is 69.7 Å². The van der Waals surface area contributed by atoms with Crippen molar-refractivity contribution in [2.24, 2.45) is 0 Å². The summed E-state index contributed by atoms with van der Waals surface area (Å²) in [6.45, 7) is 12.1. The predicted molar refractivity (Wildman–Crippen MR) is 131 cm³/mol. The Morgan fingerprint density at radius 3 is 2.16 bits per heavy atom. The largest absolute Gasteiger partial charge is 0.350 e. The van der Waals surface area contributed by atoms with Crippen molar-refractivity contribution in [1.82, 2.24) is 10.2 Å². The molecule has 4 nitrogen and oxygen atoms in total. The fraction of sp³-hybridized carbons (Fsp3) is 0.440. The number of halogens is 1. The molecule has 0 bridgehead atoms. The molecule has 0 spiro atoms. The number of carbonyl (C=O) groups excluding carboxylic acids is 2. The van der Waals surface area contributed by atoms with Crippen molar-refractivity contribution in [2.75, 3.05) is 5.75 Å². The number of rotatable bonds is 8. The van der Waals surface area contributed by atoms with Gasteiger partial charge in [-0.3, -0.25) is 9.59 Å². The van der Waals surface area contributed by atoms with Crippen LogP contribution in [0.4, 0.5) is 0 Å². The first-order valence-corrected chi connectivity index (χ1v) is 12.0. The molecule has 0 heterocycles. The molecule has 0 unspecified atom stereocenters. The van der Waals surface area contributed by atoms with E-state index in [2.05, 4.69) is 37.4 Å². The molecule has 0 saturated carbocycles. The first-order valence-electron chi connectivity index (χ1n) is 10.5. The van der Waals surface area contributed by atoms with Crippen LogP contribution in [0.1, 0.15) is 49.9 Å². The monoisotopic (exact) mass is 460 g/mol. The van der Waals surface area contributed by atoms with E-state index in [9.17, 15) is 9.59 Å². The maximum atomic E-state index is 13.1. The maximum Gasteiger partial charge on any atom is 0.242 e. The van der Waals surface area contributed by atoms with E-state index in [-0.39, 0.29) is 17.4 Å². The fourth-order valence-electron chi connectivity index (χ4n) is 3.33. The molecule has 1 N–H and O–H groups in total. The molecule has 0 aliphatic rings. The summed E-state index contributed by atoms with van der Waals surface area (Å²) in [5.74, 6) is 0.856. The molecular weight excluding hydrogens is 428 g/mol.